The summed E-state index contributed by atoms with van der Waals surface area (Å²) in [4.78, 5) is 2.06. The van der Waals surface area contributed by atoms with Gasteiger partial charge in [-0.2, -0.15) is 4.31 Å². The fraction of sp³-hybridized carbons (Fsp3) is 0.538. The molecule has 21 heavy (non-hydrogen) atoms. The van der Waals surface area contributed by atoms with Crippen molar-refractivity contribution in [1.82, 2.24) is 9.21 Å². The zero-order chi connectivity index (χ0) is 15.8. The Morgan fingerprint density at radius 3 is 2.62 bits per heavy atom. The number of anilines is 1. The predicted octanol–water partition coefficient (Wildman–Crippen LogP) is 2.29. The average molecular weight is 352 g/mol. The maximum Gasteiger partial charge on any atom is 0.244 e. The molecule has 1 aliphatic rings. The van der Waals surface area contributed by atoms with Crippen LogP contribution in [0.5, 0.6) is 0 Å². The van der Waals surface area contributed by atoms with E-state index in [2.05, 4.69) is 0 Å². The monoisotopic (exact) mass is 351 g/mol. The molecule has 2 N–H and O–H groups in total. The van der Waals surface area contributed by atoms with Gasteiger partial charge < -0.3 is 10.6 Å². The van der Waals surface area contributed by atoms with Crippen LogP contribution in [0.15, 0.2) is 17.0 Å². The van der Waals surface area contributed by atoms with Gasteiger partial charge in [0.2, 0.25) is 10.0 Å². The fourth-order valence-electron chi connectivity index (χ4n) is 2.45. The number of hydrogen-bond donors (Lipinski definition) is 1. The van der Waals surface area contributed by atoms with E-state index in [1.165, 1.54) is 16.4 Å². The van der Waals surface area contributed by atoms with E-state index >= 15 is 0 Å². The second kappa shape index (κ2) is 6.30. The topological polar surface area (TPSA) is 66.6 Å². The Labute approximate surface area is 135 Å². The van der Waals surface area contributed by atoms with E-state index in [0.29, 0.717) is 13.1 Å². The first-order chi connectivity index (χ1) is 9.75. The van der Waals surface area contributed by atoms with E-state index in [9.17, 15) is 8.42 Å². The highest BCUT2D eigenvalue weighted by molar-refractivity contribution is 7.89. The Morgan fingerprint density at radius 1 is 1.33 bits per heavy atom. The maximum absolute atomic E-state index is 12.8. The summed E-state index contributed by atoms with van der Waals surface area (Å²) < 4.78 is 27.0. The molecule has 1 heterocycles. The number of sulfonamides is 1. The lowest BCUT2D eigenvalue weighted by molar-refractivity contribution is 0.190. The highest BCUT2D eigenvalue weighted by atomic mass is 35.5. The van der Waals surface area contributed by atoms with E-state index in [-0.39, 0.29) is 26.7 Å². The Hall–Kier alpha value is -0.530. The third kappa shape index (κ3) is 3.29. The second-order valence-electron chi connectivity index (χ2n) is 5.40. The maximum atomic E-state index is 12.8. The molecule has 2 rings (SSSR count). The lowest BCUT2D eigenvalue weighted by Gasteiger charge is -2.35. The Kier molecular flexibility index (Phi) is 5.05. The standard InChI is InChI=1S/C13H19Cl2N3O2S/c1-17(2)9-4-3-7-18(8-9)21(19,20)11-6-5-10(14)13(16)12(11)15/h5-6,9H,3-4,7-8,16H2,1-2H3. The zero-order valence-corrected chi connectivity index (χ0v) is 14.3. The summed E-state index contributed by atoms with van der Waals surface area (Å²) >= 11 is 11.9. The van der Waals surface area contributed by atoms with E-state index in [1.807, 2.05) is 19.0 Å². The van der Waals surface area contributed by atoms with Gasteiger partial charge >= 0.3 is 0 Å². The van der Waals surface area contributed by atoms with E-state index in [0.717, 1.165) is 12.8 Å². The van der Waals surface area contributed by atoms with Crippen LogP contribution in [0, 0.1) is 0 Å². The number of rotatable bonds is 3. The minimum absolute atomic E-state index is 0.00511. The van der Waals surface area contributed by atoms with E-state index < -0.39 is 10.0 Å². The van der Waals surface area contributed by atoms with Gasteiger partial charge in [-0.3, -0.25) is 0 Å². The van der Waals surface area contributed by atoms with Crippen LogP contribution in [0.25, 0.3) is 0 Å². The van der Waals surface area contributed by atoms with Gasteiger partial charge in [0.15, 0.2) is 0 Å². The first-order valence-electron chi connectivity index (χ1n) is 6.65. The molecule has 0 aliphatic carbocycles. The third-order valence-electron chi connectivity index (χ3n) is 3.80. The largest absolute Gasteiger partial charge is 0.396 e. The Balaban J connectivity index is 2.36. The van der Waals surface area contributed by atoms with Crippen molar-refractivity contribution in [1.29, 1.82) is 0 Å². The van der Waals surface area contributed by atoms with Crippen LogP contribution in [-0.4, -0.2) is 50.8 Å². The summed E-state index contributed by atoms with van der Waals surface area (Å²) in [5.74, 6) is 0. The van der Waals surface area contributed by atoms with Crippen LogP contribution < -0.4 is 5.73 Å². The van der Waals surface area contributed by atoms with Gasteiger partial charge in [0.05, 0.1) is 15.7 Å². The Morgan fingerprint density at radius 2 is 2.00 bits per heavy atom. The number of halogens is 2. The third-order valence-corrected chi connectivity index (χ3v) is 6.55. The summed E-state index contributed by atoms with van der Waals surface area (Å²) in [5.41, 5.74) is 5.83. The lowest BCUT2D eigenvalue weighted by Crippen LogP contribution is -2.47. The van der Waals surface area contributed by atoms with Gasteiger partial charge in [0, 0.05) is 19.1 Å². The molecule has 0 bridgehead atoms. The molecular weight excluding hydrogens is 333 g/mol. The van der Waals surface area contributed by atoms with Crippen LogP contribution >= 0.6 is 23.2 Å². The van der Waals surface area contributed by atoms with Crippen molar-refractivity contribution in [3.63, 3.8) is 0 Å². The van der Waals surface area contributed by atoms with E-state index in [1.54, 1.807) is 0 Å². The molecular formula is C13H19Cl2N3O2S. The molecule has 0 aromatic heterocycles. The molecule has 0 saturated carbocycles. The van der Waals surface area contributed by atoms with Crippen LogP contribution in [0.3, 0.4) is 0 Å². The minimum Gasteiger partial charge on any atom is -0.396 e. The number of benzene rings is 1. The molecule has 118 valence electrons. The summed E-state index contributed by atoms with van der Waals surface area (Å²) in [6.45, 7) is 0.944. The zero-order valence-electron chi connectivity index (χ0n) is 12.0. The minimum atomic E-state index is -3.66. The van der Waals surface area contributed by atoms with Gasteiger partial charge in [-0.15, -0.1) is 0 Å². The normalized spacial score (nSPS) is 20.9. The summed E-state index contributed by atoms with van der Waals surface area (Å²) in [6, 6.07) is 3.08. The molecule has 1 aliphatic heterocycles. The molecule has 1 atom stereocenters. The van der Waals surface area contributed by atoms with Crippen LogP contribution in [-0.2, 0) is 10.0 Å². The number of nitrogen functional groups attached to an aromatic ring is 1. The molecule has 1 unspecified atom stereocenters. The quantitative estimate of drug-likeness (QED) is 0.848. The molecule has 0 radical (unpaired) electrons. The van der Waals surface area contributed by atoms with Gasteiger partial charge in [-0.1, -0.05) is 23.2 Å². The molecule has 0 amide bonds. The molecule has 1 aromatic carbocycles. The van der Waals surface area contributed by atoms with Crippen molar-refractivity contribution in [3.05, 3.63) is 22.2 Å². The first-order valence-corrected chi connectivity index (χ1v) is 8.84. The van der Waals surface area contributed by atoms with Gasteiger partial charge in [-0.05, 0) is 39.1 Å². The summed E-state index contributed by atoms with van der Waals surface area (Å²) in [5, 5.41) is 0.248. The SMILES string of the molecule is CN(C)C1CCCN(S(=O)(=O)c2ccc(Cl)c(N)c2Cl)C1. The van der Waals surface area contributed by atoms with Crippen LogP contribution in [0.1, 0.15) is 12.8 Å². The summed E-state index contributed by atoms with van der Waals surface area (Å²) in [6.07, 6.45) is 1.80. The molecule has 5 nitrogen and oxygen atoms in total. The number of piperidine rings is 1. The van der Waals surface area contributed by atoms with Gasteiger partial charge in [0.25, 0.3) is 0 Å². The molecule has 1 aromatic rings. The van der Waals surface area contributed by atoms with Crippen molar-refractivity contribution in [2.75, 3.05) is 32.9 Å². The second-order valence-corrected chi connectivity index (χ2v) is 8.09. The molecule has 1 saturated heterocycles. The smallest absolute Gasteiger partial charge is 0.244 e. The highest BCUT2D eigenvalue weighted by Gasteiger charge is 2.33. The number of nitrogens with two attached hydrogens (primary N) is 1. The average Bonchev–Trinajstić information content (AvgIpc) is 2.44. The highest BCUT2D eigenvalue weighted by Crippen LogP contribution is 2.35. The van der Waals surface area contributed by atoms with Crippen molar-refractivity contribution < 1.29 is 8.42 Å². The van der Waals surface area contributed by atoms with Gasteiger partial charge in [0.1, 0.15) is 4.90 Å². The number of likely N-dealkylation sites (N-methyl/N-ethyl adjacent to an activating group) is 1. The first kappa shape index (κ1) is 16.8. The van der Waals surface area contributed by atoms with Crippen molar-refractivity contribution in [2.45, 2.75) is 23.8 Å². The predicted molar refractivity (Wildman–Crippen MR) is 86.3 cm³/mol. The van der Waals surface area contributed by atoms with Crippen molar-refractivity contribution >= 4 is 38.9 Å². The number of hydrogen-bond acceptors (Lipinski definition) is 4. The van der Waals surface area contributed by atoms with Crippen molar-refractivity contribution in [3.8, 4) is 0 Å². The molecule has 8 heteroatoms. The molecule has 0 spiro atoms. The summed E-state index contributed by atoms with van der Waals surface area (Å²) in [7, 11) is 0.243. The molecule has 1 fully saturated rings. The Bertz CT molecular complexity index is 635. The van der Waals surface area contributed by atoms with Crippen LogP contribution in [0.2, 0.25) is 10.0 Å². The lowest BCUT2D eigenvalue weighted by atomic mass is 10.1. The van der Waals surface area contributed by atoms with Crippen molar-refractivity contribution in [2.24, 2.45) is 0 Å². The van der Waals surface area contributed by atoms with Gasteiger partial charge in [-0.25, -0.2) is 8.42 Å². The number of nitrogens with zero attached hydrogens (tertiary/aromatic N) is 2. The van der Waals surface area contributed by atoms with E-state index in [4.69, 9.17) is 28.9 Å². The fourth-order valence-corrected chi connectivity index (χ4v) is 4.70. The van der Waals surface area contributed by atoms with Crippen LogP contribution in [0.4, 0.5) is 5.69 Å².